The van der Waals surface area contributed by atoms with Gasteiger partial charge in [0, 0.05) is 12.0 Å². The number of carbonyl (C=O) groups is 2. The maximum absolute atomic E-state index is 12.0. The van der Waals surface area contributed by atoms with Crippen molar-refractivity contribution in [3.63, 3.8) is 0 Å². The van der Waals surface area contributed by atoms with Crippen LogP contribution < -0.4 is 0 Å². The number of Topliss-reactive ketones (excluding diaryl/α,β-unsaturated/α-hetero) is 2. The summed E-state index contributed by atoms with van der Waals surface area (Å²) in [6.07, 6.45) is 5.19. The quantitative estimate of drug-likeness (QED) is 0.433. The SMILES string of the molecule is CCCCCCCC(=O)C(=O)c1ccc(O)c(C)c1O. The maximum atomic E-state index is 12.0. The molecule has 0 radical (unpaired) electrons. The first-order valence-corrected chi connectivity index (χ1v) is 7.08. The van der Waals surface area contributed by atoms with Gasteiger partial charge in [-0.15, -0.1) is 0 Å². The molecule has 2 N–H and O–H groups in total. The summed E-state index contributed by atoms with van der Waals surface area (Å²) in [7, 11) is 0. The number of benzene rings is 1. The molecule has 4 heteroatoms. The largest absolute Gasteiger partial charge is 0.508 e. The molecular formula is C16H22O4. The Labute approximate surface area is 119 Å². The van der Waals surface area contributed by atoms with Crippen molar-refractivity contribution in [3.8, 4) is 11.5 Å². The number of carbonyl (C=O) groups excluding carboxylic acids is 2. The fourth-order valence-corrected chi connectivity index (χ4v) is 2.03. The lowest BCUT2D eigenvalue weighted by molar-refractivity contribution is -0.115. The highest BCUT2D eigenvalue weighted by molar-refractivity contribution is 6.44. The molecule has 110 valence electrons. The van der Waals surface area contributed by atoms with Crippen molar-refractivity contribution < 1.29 is 19.8 Å². The molecule has 0 saturated carbocycles. The molecule has 4 nitrogen and oxygen atoms in total. The van der Waals surface area contributed by atoms with E-state index in [0.717, 1.165) is 25.7 Å². The zero-order valence-corrected chi connectivity index (χ0v) is 12.1. The van der Waals surface area contributed by atoms with Crippen LogP contribution in [0.5, 0.6) is 11.5 Å². The van der Waals surface area contributed by atoms with Gasteiger partial charge in [0.2, 0.25) is 11.6 Å². The van der Waals surface area contributed by atoms with Gasteiger partial charge in [0.25, 0.3) is 0 Å². The first-order chi connectivity index (χ1) is 9.49. The first kappa shape index (κ1) is 16.2. The predicted octanol–water partition coefficient (Wildman–Crippen LogP) is 3.52. The van der Waals surface area contributed by atoms with Gasteiger partial charge in [-0.25, -0.2) is 0 Å². The predicted molar refractivity (Wildman–Crippen MR) is 77.2 cm³/mol. The van der Waals surface area contributed by atoms with Crippen LogP contribution in [-0.2, 0) is 4.79 Å². The number of rotatable bonds is 8. The summed E-state index contributed by atoms with van der Waals surface area (Å²) in [5, 5.41) is 19.2. The molecule has 0 heterocycles. The van der Waals surface area contributed by atoms with E-state index >= 15 is 0 Å². The molecule has 0 aliphatic heterocycles. The third kappa shape index (κ3) is 4.08. The summed E-state index contributed by atoms with van der Waals surface area (Å²) in [4.78, 5) is 23.8. The number of aromatic hydroxyl groups is 2. The fraction of sp³-hybridized carbons (Fsp3) is 0.500. The van der Waals surface area contributed by atoms with E-state index in [1.54, 1.807) is 0 Å². The van der Waals surface area contributed by atoms with Gasteiger partial charge in [-0.1, -0.05) is 32.6 Å². The van der Waals surface area contributed by atoms with Crippen molar-refractivity contribution in [3.05, 3.63) is 23.3 Å². The van der Waals surface area contributed by atoms with Crippen molar-refractivity contribution in [1.29, 1.82) is 0 Å². The van der Waals surface area contributed by atoms with Crippen LogP contribution in [0.3, 0.4) is 0 Å². The number of ketones is 2. The van der Waals surface area contributed by atoms with Gasteiger partial charge in [0.1, 0.15) is 11.5 Å². The van der Waals surface area contributed by atoms with Gasteiger partial charge in [-0.05, 0) is 25.5 Å². The standard InChI is InChI=1S/C16H22O4/c1-3-4-5-6-7-8-14(18)16(20)12-9-10-13(17)11(2)15(12)19/h9-10,17,19H,3-8H2,1-2H3. The number of phenolic OH excluding ortho intramolecular Hbond substituents is 2. The Morgan fingerprint density at radius 2 is 1.70 bits per heavy atom. The lowest BCUT2D eigenvalue weighted by atomic mass is 9.99. The first-order valence-electron chi connectivity index (χ1n) is 7.08. The molecule has 20 heavy (non-hydrogen) atoms. The third-order valence-corrected chi connectivity index (χ3v) is 3.41. The summed E-state index contributed by atoms with van der Waals surface area (Å²) in [5.41, 5.74) is 0.186. The van der Waals surface area contributed by atoms with Crippen molar-refractivity contribution in [2.45, 2.75) is 52.4 Å². The van der Waals surface area contributed by atoms with E-state index in [-0.39, 0.29) is 29.0 Å². The summed E-state index contributed by atoms with van der Waals surface area (Å²) in [5.74, 6) is -1.57. The minimum absolute atomic E-state index is 0.0288. The van der Waals surface area contributed by atoms with Gasteiger partial charge >= 0.3 is 0 Å². The zero-order chi connectivity index (χ0) is 15.1. The Bertz CT molecular complexity index is 491. The van der Waals surface area contributed by atoms with Gasteiger partial charge < -0.3 is 10.2 Å². The highest BCUT2D eigenvalue weighted by Crippen LogP contribution is 2.30. The van der Waals surface area contributed by atoms with E-state index in [1.807, 2.05) is 0 Å². The van der Waals surface area contributed by atoms with Crippen LogP contribution in [0.1, 0.15) is 61.4 Å². The Kier molecular flexibility index (Phi) is 6.22. The second kappa shape index (κ2) is 7.68. The van der Waals surface area contributed by atoms with E-state index in [1.165, 1.54) is 19.1 Å². The molecule has 1 aromatic rings. The van der Waals surface area contributed by atoms with Crippen LogP contribution in [0.2, 0.25) is 0 Å². The molecule has 0 aliphatic rings. The highest BCUT2D eigenvalue weighted by atomic mass is 16.3. The lowest BCUT2D eigenvalue weighted by Crippen LogP contribution is -2.14. The molecule has 0 unspecified atom stereocenters. The van der Waals surface area contributed by atoms with Crippen molar-refractivity contribution in [1.82, 2.24) is 0 Å². The molecule has 0 saturated heterocycles. The third-order valence-electron chi connectivity index (χ3n) is 3.41. The topological polar surface area (TPSA) is 74.6 Å². The molecule has 1 rings (SSSR count). The second-order valence-electron chi connectivity index (χ2n) is 5.02. The summed E-state index contributed by atoms with van der Waals surface area (Å²) in [6, 6.07) is 2.60. The Morgan fingerprint density at radius 1 is 1.05 bits per heavy atom. The van der Waals surface area contributed by atoms with E-state index in [0.29, 0.717) is 6.42 Å². The maximum Gasteiger partial charge on any atom is 0.232 e. The van der Waals surface area contributed by atoms with Crippen LogP contribution in [0.4, 0.5) is 0 Å². The average molecular weight is 278 g/mol. The van der Waals surface area contributed by atoms with Crippen LogP contribution in [0, 0.1) is 6.92 Å². The molecule has 0 aliphatic carbocycles. The second-order valence-corrected chi connectivity index (χ2v) is 5.02. The molecule has 0 aromatic heterocycles. The normalized spacial score (nSPS) is 10.5. The Morgan fingerprint density at radius 3 is 2.35 bits per heavy atom. The molecule has 0 spiro atoms. The summed E-state index contributed by atoms with van der Waals surface area (Å²) in [6.45, 7) is 3.61. The number of hydrogen-bond donors (Lipinski definition) is 2. The smallest absolute Gasteiger partial charge is 0.232 e. The van der Waals surface area contributed by atoms with Crippen LogP contribution >= 0.6 is 0 Å². The molecular weight excluding hydrogens is 256 g/mol. The average Bonchev–Trinajstić information content (AvgIpc) is 2.44. The van der Waals surface area contributed by atoms with Crippen LogP contribution in [0.15, 0.2) is 12.1 Å². The number of unbranched alkanes of at least 4 members (excludes halogenated alkanes) is 4. The minimum Gasteiger partial charge on any atom is -0.508 e. The van der Waals surface area contributed by atoms with Crippen LogP contribution in [0.25, 0.3) is 0 Å². The molecule has 0 fully saturated rings. The monoisotopic (exact) mass is 278 g/mol. The minimum atomic E-state index is -0.680. The van der Waals surface area contributed by atoms with Crippen molar-refractivity contribution in [2.75, 3.05) is 0 Å². The Hall–Kier alpha value is -1.84. The van der Waals surface area contributed by atoms with E-state index in [2.05, 4.69) is 6.92 Å². The van der Waals surface area contributed by atoms with Gasteiger partial charge in [-0.3, -0.25) is 9.59 Å². The van der Waals surface area contributed by atoms with Gasteiger partial charge in [-0.2, -0.15) is 0 Å². The zero-order valence-electron chi connectivity index (χ0n) is 12.1. The van der Waals surface area contributed by atoms with E-state index in [4.69, 9.17) is 0 Å². The van der Waals surface area contributed by atoms with Gasteiger partial charge in [0.15, 0.2) is 0 Å². The van der Waals surface area contributed by atoms with E-state index < -0.39 is 11.6 Å². The fourth-order valence-electron chi connectivity index (χ4n) is 2.03. The Balaban J connectivity index is 2.61. The molecule has 0 bridgehead atoms. The summed E-state index contributed by atoms with van der Waals surface area (Å²) >= 11 is 0. The highest BCUT2D eigenvalue weighted by Gasteiger charge is 2.21. The molecule has 0 atom stereocenters. The molecule has 0 amide bonds. The number of phenols is 2. The lowest BCUT2D eigenvalue weighted by Gasteiger charge is -2.07. The van der Waals surface area contributed by atoms with Gasteiger partial charge in [0.05, 0.1) is 5.56 Å². The summed E-state index contributed by atoms with van der Waals surface area (Å²) < 4.78 is 0. The van der Waals surface area contributed by atoms with Crippen molar-refractivity contribution >= 4 is 11.6 Å². The number of hydrogen-bond acceptors (Lipinski definition) is 4. The van der Waals surface area contributed by atoms with E-state index in [9.17, 15) is 19.8 Å². The molecule has 1 aromatic carbocycles. The van der Waals surface area contributed by atoms with Crippen LogP contribution in [-0.4, -0.2) is 21.8 Å². The van der Waals surface area contributed by atoms with Crippen molar-refractivity contribution in [2.24, 2.45) is 0 Å².